The molecule has 1 N–H and O–H groups in total. The van der Waals surface area contributed by atoms with Gasteiger partial charge in [0, 0.05) is 6.07 Å². The quantitative estimate of drug-likeness (QED) is 0.801. The Bertz CT molecular complexity index is 345. The number of aliphatic hydroxyl groups excluding tert-OH is 1. The van der Waals surface area contributed by atoms with Gasteiger partial charge in [-0.05, 0) is 31.4 Å². The van der Waals surface area contributed by atoms with Crippen molar-refractivity contribution in [3.8, 4) is 5.75 Å². The fourth-order valence-corrected chi connectivity index (χ4v) is 1.32. The van der Waals surface area contributed by atoms with Crippen molar-refractivity contribution in [1.29, 1.82) is 0 Å². The molecule has 2 rings (SSSR count). The minimum atomic E-state index is -0.429. The van der Waals surface area contributed by atoms with Gasteiger partial charge < -0.3 is 9.84 Å². The number of hydrogen-bond acceptors (Lipinski definition) is 2. The first-order valence-electron chi connectivity index (χ1n) is 4.71. The predicted octanol–water partition coefficient (Wildman–Crippen LogP) is 2.04. The summed E-state index contributed by atoms with van der Waals surface area (Å²) >= 11 is 0. The number of halogens is 1. The summed E-state index contributed by atoms with van der Waals surface area (Å²) in [5.41, 5.74) is 0.174. The summed E-state index contributed by atoms with van der Waals surface area (Å²) in [6.45, 7) is 1.71. The van der Waals surface area contributed by atoms with Crippen LogP contribution < -0.4 is 4.74 Å². The van der Waals surface area contributed by atoms with Gasteiger partial charge in [-0.3, -0.25) is 0 Å². The maximum atomic E-state index is 13.1. The molecule has 0 radical (unpaired) electrons. The first-order valence-corrected chi connectivity index (χ1v) is 4.71. The second-order valence-corrected chi connectivity index (χ2v) is 3.85. The van der Waals surface area contributed by atoms with Gasteiger partial charge in [0.05, 0.1) is 6.61 Å². The van der Waals surface area contributed by atoms with Crippen LogP contribution in [-0.4, -0.2) is 17.3 Å². The van der Waals surface area contributed by atoms with Crippen molar-refractivity contribution in [3.63, 3.8) is 0 Å². The normalized spacial score (nSPS) is 17.9. The lowest BCUT2D eigenvalue weighted by Crippen LogP contribution is -2.22. The number of aryl methyl sites for hydroxylation is 1. The lowest BCUT2D eigenvalue weighted by atomic mass is 10.2. The number of aliphatic hydroxyl groups is 1. The maximum absolute atomic E-state index is 13.1. The molecule has 0 amide bonds. The van der Waals surface area contributed by atoms with E-state index in [9.17, 15) is 4.39 Å². The Balaban J connectivity index is 2.14. The number of rotatable bonds is 3. The molecule has 1 aromatic carbocycles. The molecule has 1 fully saturated rings. The molecule has 14 heavy (non-hydrogen) atoms. The Hall–Kier alpha value is -1.09. The molecule has 2 nitrogen and oxygen atoms in total. The van der Waals surface area contributed by atoms with Crippen molar-refractivity contribution in [2.45, 2.75) is 25.4 Å². The Labute approximate surface area is 82.3 Å². The highest BCUT2D eigenvalue weighted by Crippen LogP contribution is 2.39. The topological polar surface area (TPSA) is 29.5 Å². The van der Waals surface area contributed by atoms with Crippen molar-refractivity contribution >= 4 is 0 Å². The molecule has 1 aromatic rings. The van der Waals surface area contributed by atoms with E-state index in [0.29, 0.717) is 11.3 Å². The van der Waals surface area contributed by atoms with E-state index in [1.165, 1.54) is 6.07 Å². The molecule has 3 heteroatoms. The van der Waals surface area contributed by atoms with Gasteiger partial charge in [0.2, 0.25) is 0 Å². The largest absolute Gasteiger partial charge is 0.485 e. The fraction of sp³-hybridized carbons (Fsp3) is 0.455. The van der Waals surface area contributed by atoms with Crippen LogP contribution in [0.1, 0.15) is 18.4 Å². The molecule has 0 bridgehead atoms. The minimum Gasteiger partial charge on any atom is -0.485 e. The van der Waals surface area contributed by atoms with Crippen molar-refractivity contribution < 1.29 is 14.2 Å². The Morgan fingerprint density at radius 1 is 1.50 bits per heavy atom. The van der Waals surface area contributed by atoms with Gasteiger partial charge in [-0.15, -0.1) is 0 Å². The third-order valence-corrected chi connectivity index (χ3v) is 2.57. The van der Waals surface area contributed by atoms with Crippen molar-refractivity contribution in [2.75, 3.05) is 6.61 Å². The van der Waals surface area contributed by atoms with E-state index in [4.69, 9.17) is 9.84 Å². The smallest absolute Gasteiger partial charge is 0.132 e. The van der Waals surface area contributed by atoms with E-state index in [1.54, 1.807) is 19.1 Å². The lowest BCUT2D eigenvalue weighted by molar-refractivity contribution is 0.0950. The fourth-order valence-electron chi connectivity index (χ4n) is 1.32. The molecule has 76 valence electrons. The maximum Gasteiger partial charge on any atom is 0.132 e. The highest BCUT2D eigenvalue weighted by molar-refractivity contribution is 5.29. The molecule has 1 aliphatic rings. The lowest BCUT2D eigenvalue weighted by Gasteiger charge is -2.15. The molecule has 1 saturated carbocycles. The molecule has 0 aliphatic heterocycles. The zero-order chi connectivity index (χ0) is 10.2. The van der Waals surface area contributed by atoms with Gasteiger partial charge in [0.25, 0.3) is 0 Å². The van der Waals surface area contributed by atoms with Crippen molar-refractivity contribution in [3.05, 3.63) is 29.6 Å². The van der Waals surface area contributed by atoms with Gasteiger partial charge >= 0.3 is 0 Å². The summed E-state index contributed by atoms with van der Waals surface area (Å²) in [6, 6.07) is 4.78. The SMILES string of the molecule is Cc1ccc(OC2(CO)CC2)cc1F. The Morgan fingerprint density at radius 3 is 2.71 bits per heavy atom. The van der Waals surface area contributed by atoms with E-state index in [1.807, 2.05) is 0 Å². The zero-order valence-electron chi connectivity index (χ0n) is 8.09. The molecule has 0 spiro atoms. The summed E-state index contributed by atoms with van der Waals surface area (Å²) < 4.78 is 18.6. The van der Waals surface area contributed by atoms with E-state index in [0.717, 1.165) is 12.8 Å². The molecule has 0 saturated heterocycles. The molecule has 0 aromatic heterocycles. The van der Waals surface area contributed by atoms with Crippen LogP contribution in [0.5, 0.6) is 5.75 Å². The van der Waals surface area contributed by atoms with Gasteiger partial charge in [0.15, 0.2) is 0 Å². The predicted molar refractivity (Wildman–Crippen MR) is 50.8 cm³/mol. The third-order valence-electron chi connectivity index (χ3n) is 2.57. The minimum absolute atomic E-state index is 0.00248. The Morgan fingerprint density at radius 2 is 2.21 bits per heavy atom. The van der Waals surface area contributed by atoms with Gasteiger partial charge in [-0.1, -0.05) is 6.07 Å². The first-order chi connectivity index (χ1) is 6.65. The highest BCUT2D eigenvalue weighted by atomic mass is 19.1. The summed E-state index contributed by atoms with van der Waals surface area (Å²) in [6.07, 6.45) is 1.69. The second kappa shape index (κ2) is 3.24. The summed E-state index contributed by atoms with van der Waals surface area (Å²) in [4.78, 5) is 0. The second-order valence-electron chi connectivity index (χ2n) is 3.85. The van der Waals surface area contributed by atoms with E-state index < -0.39 is 5.60 Å². The first kappa shape index (κ1) is 9.46. The van der Waals surface area contributed by atoms with Crippen LogP contribution in [0.3, 0.4) is 0 Å². The summed E-state index contributed by atoms with van der Waals surface area (Å²) in [7, 11) is 0. The Kier molecular flexibility index (Phi) is 2.19. The summed E-state index contributed by atoms with van der Waals surface area (Å²) in [5, 5.41) is 9.02. The van der Waals surface area contributed by atoms with Crippen LogP contribution in [0.25, 0.3) is 0 Å². The molecular formula is C11H13FO2. The average molecular weight is 196 g/mol. The van der Waals surface area contributed by atoms with Gasteiger partial charge in [-0.25, -0.2) is 4.39 Å². The standard InChI is InChI=1S/C11H13FO2/c1-8-2-3-9(6-10(8)12)14-11(7-13)4-5-11/h2-3,6,13H,4-5,7H2,1H3. The number of benzene rings is 1. The molecule has 0 heterocycles. The van der Waals surface area contributed by atoms with Crippen molar-refractivity contribution in [1.82, 2.24) is 0 Å². The molecule has 1 aliphatic carbocycles. The monoisotopic (exact) mass is 196 g/mol. The van der Waals surface area contributed by atoms with E-state index in [2.05, 4.69) is 0 Å². The molecular weight excluding hydrogens is 183 g/mol. The average Bonchev–Trinajstić information content (AvgIpc) is 2.93. The van der Waals surface area contributed by atoms with Crippen LogP contribution in [0.2, 0.25) is 0 Å². The number of hydrogen-bond donors (Lipinski definition) is 1. The highest BCUT2D eigenvalue weighted by Gasteiger charge is 2.45. The number of ether oxygens (including phenoxy) is 1. The van der Waals surface area contributed by atoms with Gasteiger partial charge in [-0.2, -0.15) is 0 Å². The van der Waals surface area contributed by atoms with Crippen LogP contribution in [0.15, 0.2) is 18.2 Å². The molecule has 0 atom stereocenters. The van der Waals surface area contributed by atoms with Crippen LogP contribution in [-0.2, 0) is 0 Å². The van der Waals surface area contributed by atoms with Crippen LogP contribution in [0.4, 0.5) is 4.39 Å². The van der Waals surface area contributed by atoms with Crippen molar-refractivity contribution in [2.24, 2.45) is 0 Å². The van der Waals surface area contributed by atoms with Crippen LogP contribution in [0, 0.1) is 12.7 Å². The zero-order valence-corrected chi connectivity index (χ0v) is 8.09. The van der Waals surface area contributed by atoms with E-state index in [-0.39, 0.29) is 12.4 Å². The van der Waals surface area contributed by atoms with E-state index >= 15 is 0 Å². The molecule has 0 unspecified atom stereocenters. The third kappa shape index (κ3) is 1.73. The van der Waals surface area contributed by atoms with Crippen LogP contribution >= 0.6 is 0 Å². The van der Waals surface area contributed by atoms with Gasteiger partial charge in [0.1, 0.15) is 17.2 Å². The summed E-state index contributed by atoms with van der Waals surface area (Å²) in [5.74, 6) is 0.232.